The number of unbranched alkanes of at least 4 members (excludes halogenated alkanes) is 1. The highest BCUT2D eigenvalue weighted by atomic mass is 79.9. The third-order valence-electron chi connectivity index (χ3n) is 4.39. The second-order valence-electron chi connectivity index (χ2n) is 6.50. The molecule has 3 N–H and O–H groups in total. The number of aliphatic imine (C=N–C) groups is 1. The van der Waals surface area contributed by atoms with Crippen LogP contribution in [-0.2, 0) is 10.0 Å². The van der Waals surface area contributed by atoms with E-state index in [0.29, 0.717) is 43.9 Å². The van der Waals surface area contributed by atoms with Gasteiger partial charge in [-0.25, -0.2) is 22.1 Å². The molecule has 3 rings (SSSR count). The van der Waals surface area contributed by atoms with Gasteiger partial charge in [-0.3, -0.25) is 10.7 Å². The van der Waals surface area contributed by atoms with Gasteiger partial charge in [0.15, 0.2) is 5.84 Å². The van der Waals surface area contributed by atoms with Crippen molar-refractivity contribution < 1.29 is 18.0 Å². The molecule has 0 spiro atoms. The molecule has 29 heavy (non-hydrogen) atoms. The fourth-order valence-corrected chi connectivity index (χ4v) is 4.67. The number of rotatable bonds is 9. The molecule has 1 aliphatic rings. The van der Waals surface area contributed by atoms with Crippen LogP contribution in [0.4, 0.5) is 10.1 Å². The van der Waals surface area contributed by atoms with Crippen LogP contribution in [0.15, 0.2) is 39.9 Å². The Hall–Kier alpha value is -2.02. The first-order valence-corrected chi connectivity index (χ1v) is 11.5. The van der Waals surface area contributed by atoms with Gasteiger partial charge in [0, 0.05) is 25.8 Å². The molecular weight excluding hydrogens is 467 g/mol. The van der Waals surface area contributed by atoms with Crippen LogP contribution in [0.3, 0.4) is 0 Å². The maximum absolute atomic E-state index is 13.3. The van der Waals surface area contributed by atoms with Gasteiger partial charge in [-0.2, -0.15) is 4.79 Å². The number of hydroxylamine groups is 1. The average Bonchev–Trinajstić information content (AvgIpc) is 3.09. The van der Waals surface area contributed by atoms with Crippen molar-refractivity contribution in [1.29, 1.82) is 0 Å². The summed E-state index contributed by atoms with van der Waals surface area (Å²) < 4.78 is 39.0. The van der Waals surface area contributed by atoms with Gasteiger partial charge in [0.1, 0.15) is 11.5 Å². The summed E-state index contributed by atoms with van der Waals surface area (Å²) in [6.07, 6.45) is 3.82. The molecule has 1 aromatic heterocycles. The highest BCUT2D eigenvalue weighted by Crippen LogP contribution is 2.22. The summed E-state index contributed by atoms with van der Waals surface area (Å²) in [5.41, 5.74) is 5.85. The molecule has 1 fully saturated rings. The second kappa shape index (κ2) is 9.65. The van der Waals surface area contributed by atoms with Gasteiger partial charge in [0.2, 0.25) is 10.0 Å². The molecule has 1 saturated heterocycles. The first-order chi connectivity index (χ1) is 13.9. The van der Waals surface area contributed by atoms with Crippen LogP contribution >= 0.6 is 15.9 Å². The summed E-state index contributed by atoms with van der Waals surface area (Å²) in [7, 11) is -3.11. The molecular formula is C17H22BrFN6O3S. The van der Waals surface area contributed by atoms with E-state index in [1.807, 2.05) is 5.48 Å². The minimum Gasteiger partial charge on any atom is -0.310 e. The fourth-order valence-electron chi connectivity index (χ4n) is 2.66. The van der Waals surface area contributed by atoms with E-state index in [2.05, 4.69) is 31.4 Å². The van der Waals surface area contributed by atoms with Crippen LogP contribution in [0.5, 0.6) is 0 Å². The number of sulfonamides is 1. The van der Waals surface area contributed by atoms with Crippen molar-refractivity contribution in [2.45, 2.75) is 19.3 Å². The molecule has 1 aromatic carbocycles. The number of amidine groups is 1. The lowest BCUT2D eigenvalue weighted by atomic mass is 10.3. The molecule has 2 heterocycles. The van der Waals surface area contributed by atoms with Crippen molar-refractivity contribution in [2.75, 3.05) is 30.8 Å². The Kier molecular flexibility index (Phi) is 7.22. The Bertz CT molecular complexity index is 977. The fraction of sp³-hybridized carbons (Fsp3) is 0.412. The van der Waals surface area contributed by atoms with Crippen molar-refractivity contribution >= 4 is 37.5 Å². The Morgan fingerprint density at radius 2 is 2.10 bits per heavy atom. The SMILES string of the molecule is O=S(=O)(CCCCNn1ccc(C(=Nc2ccc(F)c(Br)c2)NO)n1)N1CCC1. The summed E-state index contributed by atoms with van der Waals surface area (Å²) in [6, 6.07) is 5.86. The van der Waals surface area contributed by atoms with E-state index < -0.39 is 15.8 Å². The van der Waals surface area contributed by atoms with Gasteiger partial charge in [0.05, 0.1) is 15.9 Å². The van der Waals surface area contributed by atoms with E-state index >= 15 is 0 Å². The average molecular weight is 489 g/mol. The zero-order valence-corrected chi connectivity index (χ0v) is 18.0. The van der Waals surface area contributed by atoms with E-state index in [4.69, 9.17) is 0 Å². The van der Waals surface area contributed by atoms with Gasteiger partial charge in [-0.15, -0.1) is 5.10 Å². The topological polar surface area (TPSA) is 112 Å². The van der Waals surface area contributed by atoms with E-state index in [9.17, 15) is 18.0 Å². The number of halogens is 2. The number of hydrogen-bond donors (Lipinski definition) is 3. The van der Waals surface area contributed by atoms with E-state index in [1.54, 1.807) is 12.3 Å². The molecule has 0 atom stereocenters. The lowest BCUT2D eigenvalue weighted by molar-refractivity contribution is 0.235. The third kappa shape index (κ3) is 5.75. The minimum atomic E-state index is -3.11. The molecule has 0 bridgehead atoms. The van der Waals surface area contributed by atoms with Crippen LogP contribution in [0.25, 0.3) is 0 Å². The van der Waals surface area contributed by atoms with Crippen LogP contribution < -0.4 is 10.9 Å². The van der Waals surface area contributed by atoms with Gasteiger partial charge in [0.25, 0.3) is 0 Å². The monoisotopic (exact) mass is 488 g/mol. The van der Waals surface area contributed by atoms with Crippen LogP contribution in [0.2, 0.25) is 0 Å². The molecule has 9 nitrogen and oxygen atoms in total. The highest BCUT2D eigenvalue weighted by Gasteiger charge is 2.26. The molecule has 0 radical (unpaired) electrons. The van der Waals surface area contributed by atoms with Crippen molar-refractivity contribution in [3.63, 3.8) is 0 Å². The summed E-state index contributed by atoms with van der Waals surface area (Å²) in [6.45, 7) is 1.81. The Labute approximate surface area is 176 Å². The zero-order valence-electron chi connectivity index (χ0n) is 15.6. The lowest BCUT2D eigenvalue weighted by Gasteiger charge is -2.29. The molecule has 12 heteroatoms. The van der Waals surface area contributed by atoms with Gasteiger partial charge < -0.3 is 5.43 Å². The van der Waals surface area contributed by atoms with Crippen molar-refractivity contribution in [3.05, 3.63) is 46.4 Å². The Balaban J connectivity index is 1.51. The maximum atomic E-state index is 13.3. The molecule has 2 aromatic rings. The molecule has 0 amide bonds. The zero-order chi connectivity index (χ0) is 20.9. The summed E-state index contributed by atoms with van der Waals surface area (Å²) in [5, 5.41) is 13.6. The van der Waals surface area contributed by atoms with Crippen LogP contribution in [-0.4, -0.2) is 59.0 Å². The number of nitrogens with one attached hydrogen (secondary N) is 2. The third-order valence-corrected chi connectivity index (χ3v) is 6.96. The molecule has 158 valence electrons. The van der Waals surface area contributed by atoms with Crippen molar-refractivity contribution in [2.24, 2.45) is 4.99 Å². The molecule has 0 unspecified atom stereocenters. The van der Waals surface area contributed by atoms with E-state index in [-0.39, 0.29) is 16.1 Å². The predicted octanol–water partition coefficient (Wildman–Crippen LogP) is 2.20. The van der Waals surface area contributed by atoms with Gasteiger partial charge in [-0.05, 0) is 59.5 Å². The molecule has 0 saturated carbocycles. The van der Waals surface area contributed by atoms with Gasteiger partial charge >= 0.3 is 0 Å². The quantitative estimate of drug-likeness (QED) is 0.216. The molecule has 1 aliphatic heterocycles. The summed E-state index contributed by atoms with van der Waals surface area (Å²) >= 11 is 3.09. The normalized spacial score (nSPS) is 15.2. The summed E-state index contributed by atoms with van der Waals surface area (Å²) in [5.74, 6) is -0.157. The van der Waals surface area contributed by atoms with Crippen LogP contribution in [0, 0.1) is 5.82 Å². The standard InChI is InChI=1S/C17H22BrFN6O3S/c18-14-12-13(4-5-15(14)19)21-17(23-26)16-6-10-25(22-16)20-7-1-2-11-29(27,28)24-8-3-9-24/h4-6,10,12,20,26H,1-3,7-9,11H2,(H,21,23). The van der Waals surface area contributed by atoms with E-state index in [1.165, 1.54) is 27.3 Å². The number of nitrogens with zero attached hydrogens (tertiary/aromatic N) is 4. The van der Waals surface area contributed by atoms with E-state index in [0.717, 1.165) is 6.42 Å². The first kappa shape index (κ1) is 21.7. The highest BCUT2D eigenvalue weighted by molar-refractivity contribution is 9.10. The lowest BCUT2D eigenvalue weighted by Crippen LogP contribution is -2.43. The predicted molar refractivity (Wildman–Crippen MR) is 111 cm³/mol. The smallest absolute Gasteiger partial charge is 0.214 e. The van der Waals surface area contributed by atoms with Crippen molar-refractivity contribution in [3.8, 4) is 0 Å². The Morgan fingerprint density at radius 3 is 2.76 bits per heavy atom. The number of hydrogen-bond acceptors (Lipinski definition) is 6. The summed E-state index contributed by atoms with van der Waals surface area (Å²) in [4.78, 5) is 5.68. The number of benzene rings is 1. The largest absolute Gasteiger partial charge is 0.310 e. The van der Waals surface area contributed by atoms with Crippen LogP contribution in [0.1, 0.15) is 25.0 Å². The van der Waals surface area contributed by atoms with Gasteiger partial charge in [-0.1, -0.05) is 0 Å². The van der Waals surface area contributed by atoms with Crippen molar-refractivity contribution in [1.82, 2.24) is 19.7 Å². The molecule has 0 aliphatic carbocycles. The first-order valence-electron chi connectivity index (χ1n) is 9.10. The second-order valence-corrected chi connectivity index (χ2v) is 9.44. The number of aromatic nitrogens is 2. The maximum Gasteiger partial charge on any atom is 0.214 e. The minimum absolute atomic E-state index is 0.102. The Morgan fingerprint density at radius 1 is 1.31 bits per heavy atom.